The summed E-state index contributed by atoms with van der Waals surface area (Å²) in [7, 11) is 1.23. The van der Waals surface area contributed by atoms with Gasteiger partial charge in [-0.15, -0.1) is 0 Å². The highest BCUT2D eigenvalue weighted by atomic mass is 16.5. The summed E-state index contributed by atoms with van der Waals surface area (Å²) in [4.78, 5) is 27.9. The smallest absolute Gasteiger partial charge is 0.360 e. The molecule has 142 valence electrons. The van der Waals surface area contributed by atoms with Gasteiger partial charge in [-0.2, -0.15) is 5.26 Å². The SMILES string of the molecule is CCOC(=O)c1coc(-c2ccc(-n3cc(C#N)c(N)c3C(=O)OC)cc2)n1. The van der Waals surface area contributed by atoms with Gasteiger partial charge in [0.1, 0.15) is 12.3 Å². The molecular weight excluding hydrogens is 364 g/mol. The fraction of sp³-hybridized carbons (Fsp3) is 0.158. The monoisotopic (exact) mass is 380 g/mol. The topological polar surface area (TPSA) is 133 Å². The number of carbonyl (C=O) groups is 2. The minimum absolute atomic E-state index is 0.0465. The maximum Gasteiger partial charge on any atom is 0.360 e. The molecule has 2 N–H and O–H groups in total. The van der Waals surface area contributed by atoms with Crippen LogP contribution in [0.5, 0.6) is 0 Å². The summed E-state index contributed by atoms with van der Waals surface area (Å²) in [6.45, 7) is 1.94. The average molecular weight is 380 g/mol. The van der Waals surface area contributed by atoms with Crippen molar-refractivity contribution in [2.45, 2.75) is 6.92 Å². The molecule has 0 spiro atoms. The molecule has 0 aliphatic heterocycles. The van der Waals surface area contributed by atoms with Crippen molar-refractivity contribution < 1.29 is 23.5 Å². The van der Waals surface area contributed by atoms with Crippen LogP contribution in [-0.2, 0) is 9.47 Å². The van der Waals surface area contributed by atoms with E-state index in [1.54, 1.807) is 31.2 Å². The largest absolute Gasteiger partial charge is 0.464 e. The number of ether oxygens (including phenoxy) is 2. The van der Waals surface area contributed by atoms with E-state index in [4.69, 9.17) is 19.6 Å². The van der Waals surface area contributed by atoms with Gasteiger partial charge in [-0.05, 0) is 31.2 Å². The highest BCUT2D eigenvalue weighted by Crippen LogP contribution is 2.26. The number of benzene rings is 1. The molecule has 0 radical (unpaired) electrons. The Morgan fingerprint density at radius 3 is 2.61 bits per heavy atom. The number of nitrogens with zero attached hydrogens (tertiary/aromatic N) is 3. The zero-order chi connectivity index (χ0) is 20.3. The summed E-state index contributed by atoms with van der Waals surface area (Å²) < 4.78 is 16.4. The molecule has 0 aliphatic rings. The summed E-state index contributed by atoms with van der Waals surface area (Å²) in [6.07, 6.45) is 2.68. The molecule has 1 aromatic carbocycles. The van der Waals surface area contributed by atoms with Crippen LogP contribution in [0.3, 0.4) is 0 Å². The second kappa shape index (κ2) is 7.67. The molecule has 9 heteroatoms. The summed E-state index contributed by atoms with van der Waals surface area (Å²) in [6, 6.07) is 8.71. The zero-order valence-electron chi connectivity index (χ0n) is 15.1. The number of anilines is 1. The van der Waals surface area contributed by atoms with E-state index in [-0.39, 0.29) is 35.1 Å². The van der Waals surface area contributed by atoms with Gasteiger partial charge in [0.2, 0.25) is 5.89 Å². The van der Waals surface area contributed by atoms with E-state index < -0.39 is 11.9 Å². The second-order valence-corrected chi connectivity index (χ2v) is 5.58. The van der Waals surface area contributed by atoms with Crippen LogP contribution >= 0.6 is 0 Å². The van der Waals surface area contributed by atoms with Crippen molar-refractivity contribution in [3.63, 3.8) is 0 Å². The fourth-order valence-corrected chi connectivity index (χ4v) is 2.59. The third-order valence-corrected chi connectivity index (χ3v) is 3.92. The molecule has 2 heterocycles. The van der Waals surface area contributed by atoms with Crippen LogP contribution in [0.4, 0.5) is 5.69 Å². The van der Waals surface area contributed by atoms with Crippen molar-refractivity contribution in [3.05, 3.63) is 53.7 Å². The first kappa shape index (κ1) is 18.7. The maximum atomic E-state index is 12.1. The standard InChI is InChI=1S/C19H16N4O5/c1-3-27-18(24)14-10-28-17(22-14)11-4-6-13(7-5-11)23-9-12(8-20)15(21)16(23)19(25)26-2/h4-7,9-10H,3,21H2,1-2H3. The number of nitrogens with two attached hydrogens (primary N) is 1. The Balaban J connectivity index is 1.95. The number of methoxy groups -OCH3 is 1. The quantitative estimate of drug-likeness (QED) is 0.668. The van der Waals surface area contributed by atoms with E-state index in [1.165, 1.54) is 24.1 Å². The van der Waals surface area contributed by atoms with Crippen LogP contribution in [0.15, 0.2) is 41.1 Å². The van der Waals surface area contributed by atoms with Gasteiger partial charge < -0.3 is 24.2 Å². The molecule has 0 saturated carbocycles. The van der Waals surface area contributed by atoms with Crippen molar-refractivity contribution in [2.24, 2.45) is 0 Å². The molecule has 0 unspecified atom stereocenters. The third kappa shape index (κ3) is 3.31. The van der Waals surface area contributed by atoms with Crippen LogP contribution < -0.4 is 5.73 Å². The zero-order valence-corrected chi connectivity index (χ0v) is 15.1. The summed E-state index contributed by atoms with van der Waals surface area (Å²) >= 11 is 0. The molecule has 9 nitrogen and oxygen atoms in total. The van der Waals surface area contributed by atoms with Gasteiger partial charge in [0, 0.05) is 17.4 Å². The fourth-order valence-electron chi connectivity index (χ4n) is 2.59. The van der Waals surface area contributed by atoms with Gasteiger partial charge >= 0.3 is 11.9 Å². The lowest BCUT2D eigenvalue weighted by molar-refractivity contribution is 0.0518. The third-order valence-electron chi connectivity index (χ3n) is 3.92. The highest BCUT2D eigenvalue weighted by Gasteiger charge is 2.22. The number of carbonyl (C=O) groups excluding carboxylic acids is 2. The van der Waals surface area contributed by atoms with Crippen LogP contribution in [-0.4, -0.2) is 35.2 Å². The van der Waals surface area contributed by atoms with E-state index in [0.29, 0.717) is 11.3 Å². The number of nitriles is 1. The van der Waals surface area contributed by atoms with Crippen LogP contribution in [0.1, 0.15) is 33.5 Å². The number of rotatable bonds is 5. The molecular formula is C19H16N4O5. The summed E-state index contributed by atoms with van der Waals surface area (Å²) in [5.74, 6) is -0.980. The number of aromatic nitrogens is 2. The predicted molar refractivity (Wildman–Crippen MR) is 97.7 cm³/mol. The minimum Gasteiger partial charge on any atom is -0.464 e. The molecule has 3 aromatic rings. The van der Waals surface area contributed by atoms with E-state index in [9.17, 15) is 14.9 Å². The van der Waals surface area contributed by atoms with Crippen molar-refractivity contribution in [3.8, 4) is 23.2 Å². The Morgan fingerprint density at radius 2 is 2.00 bits per heavy atom. The Kier molecular flexibility index (Phi) is 5.13. The number of esters is 2. The van der Waals surface area contributed by atoms with Crippen LogP contribution in [0, 0.1) is 11.3 Å². The highest BCUT2D eigenvalue weighted by molar-refractivity contribution is 5.96. The average Bonchev–Trinajstić information content (AvgIpc) is 3.33. The lowest BCUT2D eigenvalue weighted by Crippen LogP contribution is -2.11. The number of hydrogen-bond acceptors (Lipinski definition) is 8. The molecule has 2 aromatic heterocycles. The first-order valence-corrected chi connectivity index (χ1v) is 8.22. The number of hydrogen-bond donors (Lipinski definition) is 1. The molecule has 0 atom stereocenters. The molecule has 0 aliphatic carbocycles. The van der Waals surface area contributed by atoms with Gasteiger partial charge in [-0.3, -0.25) is 0 Å². The lowest BCUT2D eigenvalue weighted by atomic mass is 10.2. The first-order valence-electron chi connectivity index (χ1n) is 8.22. The molecule has 28 heavy (non-hydrogen) atoms. The van der Waals surface area contributed by atoms with Crippen LogP contribution in [0.25, 0.3) is 17.1 Å². The molecule has 0 fully saturated rings. The van der Waals surface area contributed by atoms with Gasteiger partial charge in [0.15, 0.2) is 11.4 Å². The van der Waals surface area contributed by atoms with Crippen LogP contribution in [0.2, 0.25) is 0 Å². The van der Waals surface area contributed by atoms with Gasteiger partial charge in [0.05, 0.1) is 25.0 Å². The van der Waals surface area contributed by atoms with Crippen molar-refractivity contribution >= 4 is 17.6 Å². The lowest BCUT2D eigenvalue weighted by Gasteiger charge is -2.08. The number of oxazole rings is 1. The normalized spacial score (nSPS) is 10.3. The molecule has 0 amide bonds. The predicted octanol–water partition coefficient (Wildman–Crippen LogP) is 2.55. The summed E-state index contributed by atoms with van der Waals surface area (Å²) in [5.41, 5.74) is 7.43. The Bertz CT molecular complexity index is 1070. The first-order chi connectivity index (χ1) is 13.5. The Morgan fingerprint density at radius 1 is 1.29 bits per heavy atom. The van der Waals surface area contributed by atoms with Gasteiger partial charge in [-0.25, -0.2) is 14.6 Å². The van der Waals surface area contributed by atoms with Gasteiger partial charge in [0.25, 0.3) is 0 Å². The Labute approximate surface area is 159 Å². The molecule has 0 bridgehead atoms. The number of nitrogen functional groups attached to an aromatic ring is 1. The van der Waals surface area contributed by atoms with Crippen molar-refractivity contribution in [2.75, 3.05) is 19.5 Å². The maximum absolute atomic E-state index is 12.1. The summed E-state index contributed by atoms with van der Waals surface area (Å²) in [5, 5.41) is 9.18. The van der Waals surface area contributed by atoms with Crippen molar-refractivity contribution in [1.82, 2.24) is 9.55 Å². The molecule has 0 saturated heterocycles. The minimum atomic E-state index is -0.658. The van der Waals surface area contributed by atoms with Crippen molar-refractivity contribution in [1.29, 1.82) is 5.26 Å². The van der Waals surface area contributed by atoms with Gasteiger partial charge in [-0.1, -0.05) is 0 Å². The van der Waals surface area contributed by atoms with E-state index >= 15 is 0 Å². The second-order valence-electron chi connectivity index (χ2n) is 5.58. The van der Waals surface area contributed by atoms with E-state index in [1.807, 2.05) is 6.07 Å². The van der Waals surface area contributed by atoms with E-state index in [0.717, 1.165) is 0 Å². The van der Waals surface area contributed by atoms with E-state index in [2.05, 4.69) is 4.98 Å². The molecule has 3 rings (SSSR count). The Hall–Kier alpha value is -4.06.